The third kappa shape index (κ3) is 4.66. The zero-order valence-electron chi connectivity index (χ0n) is 17.4. The molecule has 2 heterocycles. The Hall–Kier alpha value is -2.28. The topological polar surface area (TPSA) is 53.1 Å². The number of carbonyl (C=O) groups excluding carboxylic acids is 2. The number of anilines is 2. The molecule has 0 aromatic heterocycles. The third-order valence-electron chi connectivity index (χ3n) is 5.71. The summed E-state index contributed by atoms with van der Waals surface area (Å²) in [6.45, 7) is 5.57. The fraction of sp³-hybridized carbons (Fsp3) is 0.391. The Morgan fingerprint density at radius 1 is 0.935 bits per heavy atom. The molecule has 2 aromatic carbocycles. The van der Waals surface area contributed by atoms with Crippen molar-refractivity contribution in [1.29, 1.82) is 0 Å². The van der Waals surface area contributed by atoms with Gasteiger partial charge in [-0.15, -0.1) is 0 Å². The Balaban J connectivity index is 1.39. The molecule has 31 heavy (non-hydrogen) atoms. The Labute approximate surface area is 192 Å². The lowest BCUT2D eigenvalue weighted by Gasteiger charge is -2.38. The summed E-state index contributed by atoms with van der Waals surface area (Å²) in [5, 5.41) is 1.06. The van der Waals surface area contributed by atoms with Gasteiger partial charge in [-0.3, -0.25) is 14.5 Å². The quantitative estimate of drug-likeness (QED) is 0.602. The van der Waals surface area contributed by atoms with E-state index >= 15 is 0 Å². The van der Waals surface area contributed by atoms with Crippen LogP contribution in [0.25, 0.3) is 0 Å². The molecule has 2 aliphatic heterocycles. The largest absolute Gasteiger partial charge is 0.494 e. The standard InChI is InChI=1S/C23H25Cl2N3O3/c1-2-13-31-18-6-3-16(4-7-18)28-22(29)15-21(23(28)30)27-11-9-26(10-12-27)17-5-8-19(24)20(25)14-17/h3-8,14,21H,2,9-13,15H2,1H3/t21-/m1/s1. The highest BCUT2D eigenvalue weighted by Gasteiger charge is 2.43. The summed E-state index contributed by atoms with van der Waals surface area (Å²) >= 11 is 12.2. The maximum atomic E-state index is 13.1. The lowest BCUT2D eigenvalue weighted by Crippen LogP contribution is -2.52. The number of piperazine rings is 1. The Morgan fingerprint density at radius 3 is 2.26 bits per heavy atom. The minimum atomic E-state index is -0.417. The molecule has 2 aromatic rings. The van der Waals surface area contributed by atoms with Gasteiger partial charge in [0.2, 0.25) is 5.91 Å². The Kier molecular flexibility index (Phi) is 6.70. The van der Waals surface area contributed by atoms with Crippen LogP contribution in [0.3, 0.4) is 0 Å². The predicted octanol–water partition coefficient (Wildman–Crippen LogP) is 4.24. The van der Waals surface area contributed by atoms with Crippen molar-refractivity contribution >= 4 is 46.4 Å². The number of ether oxygens (including phenoxy) is 1. The van der Waals surface area contributed by atoms with Crippen LogP contribution in [-0.2, 0) is 9.59 Å². The molecule has 2 amide bonds. The zero-order valence-corrected chi connectivity index (χ0v) is 18.9. The second kappa shape index (κ2) is 9.47. The molecule has 164 valence electrons. The van der Waals surface area contributed by atoms with Crippen LogP contribution in [0.1, 0.15) is 19.8 Å². The highest BCUT2D eigenvalue weighted by Crippen LogP contribution is 2.30. The van der Waals surface area contributed by atoms with Crippen molar-refractivity contribution in [2.24, 2.45) is 0 Å². The van der Waals surface area contributed by atoms with E-state index in [0.29, 0.717) is 35.4 Å². The normalized spacial score (nSPS) is 19.9. The minimum absolute atomic E-state index is 0.157. The van der Waals surface area contributed by atoms with Crippen molar-refractivity contribution in [3.8, 4) is 5.75 Å². The van der Waals surface area contributed by atoms with Gasteiger partial charge in [0.15, 0.2) is 0 Å². The molecule has 0 radical (unpaired) electrons. The Bertz CT molecular complexity index is 959. The van der Waals surface area contributed by atoms with Gasteiger partial charge < -0.3 is 9.64 Å². The molecule has 1 atom stereocenters. The van der Waals surface area contributed by atoms with Gasteiger partial charge >= 0.3 is 0 Å². The molecule has 0 spiro atoms. The van der Waals surface area contributed by atoms with Crippen LogP contribution in [0.15, 0.2) is 42.5 Å². The first-order valence-electron chi connectivity index (χ1n) is 10.5. The van der Waals surface area contributed by atoms with E-state index in [0.717, 1.165) is 30.9 Å². The monoisotopic (exact) mass is 461 g/mol. The van der Waals surface area contributed by atoms with Crippen LogP contribution >= 0.6 is 23.2 Å². The number of imide groups is 1. The van der Waals surface area contributed by atoms with Crippen LogP contribution in [0.2, 0.25) is 10.0 Å². The molecule has 4 rings (SSSR count). The summed E-state index contributed by atoms with van der Waals surface area (Å²) in [6, 6.07) is 12.3. The van der Waals surface area contributed by atoms with Gasteiger partial charge in [-0.05, 0) is 48.9 Å². The smallest absolute Gasteiger partial charge is 0.251 e. The molecule has 2 fully saturated rings. The van der Waals surface area contributed by atoms with Crippen molar-refractivity contribution in [3.63, 3.8) is 0 Å². The maximum Gasteiger partial charge on any atom is 0.251 e. The van der Waals surface area contributed by atoms with Crippen LogP contribution in [0.4, 0.5) is 11.4 Å². The van der Waals surface area contributed by atoms with E-state index in [9.17, 15) is 9.59 Å². The molecule has 2 saturated heterocycles. The van der Waals surface area contributed by atoms with E-state index < -0.39 is 6.04 Å². The fourth-order valence-corrected chi connectivity index (χ4v) is 4.35. The van der Waals surface area contributed by atoms with Gasteiger partial charge in [-0.1, -0.05) is 30.1 Å². The van der Waals surface area contributed by atoms with Crippen molar-refractivity contribution in [3.05, 3.63) is 52.5 Å². The second-order valence-electron chi connectivity index (χ2n) is 7.75. The summed E-state index contributed by atoms with van der Waals surface area (Å²) in [7, 11) is 0. The van der Waals surface area contributed by atoms with Gasteiger partial charge in [0.1, 0.15) is 5.75 Å². The van der Waals surface area contributed by atoms with Gasteiger partial charge in [0, 0.05) is 31.9 Å². The lowest BCUT2D eigenvalue weighted by atomic mass is 10.1. The first-order chi connectivity index (χ1) is 15.0. The summed E-state index contributed by atoms with van der Waals surface area (Å²) in [6.07, 6.45) is 1.13. The van der Waals surface area contributed by atoms with Crippen molar-refractivity contribution in [2.45, 2.75) is 25.8 Å². The van der Waals surface area contributed by atoms with Gasteiger partial charge in [-0.2, -0.15) is 0 Å². The van der Waals surface area contributed by atoms with Crippen LogP contribution in [-0.4, -0.2) is 55.5 Å². The Morgan fingerprint density at radius 2 is 1.61 bits per heavy atom. The molecule has 0 N–H and O–H groups in total. The number of hydrogen-bond acceptors (Lipinski definition) is 5. The minimum Gasteiger partial charge on any atom is -0.494 e. The number of hydrogen-bond donors (Lipinski definition) is 0. The van der Waals surface area contributed by atoms with Crippen molar-refractivity contribution < 1.29 is 14.3 Å². The SMILES string of the molecule is CCCOc1ccc(N2C(=O)C[C@@H](N3CCN(c4ccc(Cl)c(Cl)c4)CC3)C2=O)cc1. The first-order valence-corrected chi connectivity index (χ1v) is 11.3. The molecule has 0 aliphatic carbocycles. The molecular formula is C23H25Cl2N3O3. The van der Waals surface area contributed by atoms with Gasteiger partial charge in [-0.25, -0.2) is 4.90 Å². The summed E-state index contributed by atoms with van der Waals surface area (Å²) in [5.74, 6) is 0.416. The molecular weight excluding hydrogens is 437 g/mol. The van der Waals surface area contributed by atoms with E-state index in [1.807, 2.05) is 19.1 Å². The van der Waals surface area contributed by atoms with E-state index in [-0.39, 0.29) is 18.2 Å². The van der Waals surface area contributed by atoms with Crippen LogP contribution < -0.4 is 14.5 Å². The first kappa shape index (κ1) is 21.9. The lowest BCUT2D eigenvalue weighted by molar-refractivity contribution is -0.123. The summed E-state index contributed by atoms with van der Waals surface area (Å²) in [4.78, 5) is 31.4. The fourth-order valence-electron chi connectivity index (χ4n) is 4.06. The second-order valence-corrected chi connectivity index (χ2v) is 8.57. The zero-order chi connectivity index (χ0) is 22.0. The molecule has 0 unspecified atom stereocenters. The number of carbonyl (C=O) groups is 2. The molecule has 6 nitrogen and oxygen atoms in total. The van der Waals surface area contributed by atoms with E-state index in [4.69, 9.17) is 27.9 Å². The number of nitrogens with zero attached hydrogens (tertiary/aromatic N) is 3. The molecule has 0 saturated carbocycles. The molecule has 0 bridgehead atoms. The average molecular weight is 462 g/mol. The van der Waals surface area contributed by atoms with E-state index in [1.54, 1.807) is 30.3 Å². The highest BCUT2D eigenvalue weighted by molar-refractivity contribution is 6.42. The number of rotatable bonds is 6. The highest BCUT2D eigenvalue weighted by atomic mass is 35.5. The van der Waals surface area contributed by atoms with Crippen LogP contribution in [0.5, 0.6) is 5.75 Å². The summed E-state index contributed by atoms with van der Waals surface area (Å²) < 4.78 is 5.59. The number of amides is 2. The van der Waals surface area contributed by atoms with E-state index in [2.05, 4.69) is 9.80 Å². The van der Waals surface area contributed by atoms with Gasteiger partial charge in [0.05, 0.1) is 34.8 Å². The van der Waals surface area contributed by atoms with Crippen LogP contribution in [0, 0.1) is 0 Å². The number of halogens is 2. The summed E-state index contributed by atoms with van der Waals surface area (Å²) in [5.41, 5.74) is 1.60. The third-order valence-corrected chi connectivity index (χ3v) is 6.45. The van der Waals surface area contributed by atoms with Crippen molar-refractivity contribution in [1.82, 2.24) is 4.90 Å². The molecule has 2 aliphatic rings. The molecule has 8 heteroatoms. The average Bonchev–Trinajstić information content (AvgIpc) is 3.08. The maximum absolute atomic E-state index is 13.1. The van der Waals surface area contributed by atoms with Crippen molar-refractivity contribution in [2.75, 3.05) is 42.6 Å². The predicted molar refractivity (Wildman–Crippen MR) is 123 cm³/mol. The van der Waals surface area contributed by atoms with E-state index in [1.165, 1.54) is 4.90 Å². The number of benzene rings is 2. The van der Waals surface area contributed by atoms with Gasteiger partial charge in [0.25, 0.3) is 5.91 Å².